The number of hydrogen-bond acceptors (Lipinski definition) is 6. The van der Waals surface area contributed by atoms with Crippen molar-refractivity contribution in [3.05, 3.63) is 29.8 Å². The maximum atomic E-state index is 10.9. The molecule has 0 saturated carbocycles. The maximum Gasteiger partial charge on any atom is 0.338 e. The molecule has 3 N–H and O–H groups in total. The van der Waals surface area contributed by atoms with Crippen LogP contribution in [0.1, 0.15) is 5.56 Å². The number of nitrogens with two attached hydrogens (primary N) is 1. The smallest absolute Gasteiger partial charge is 0.338 e. The second kappa shape index (κ2) is 6.49. The second-order valence-corrected chi connectivity index (χ2v) is 3.20. The first kappa shape index (κ1) is 13.0. The van der Waals surface area contributed by atoms with Gasteiger partial charge in [-0.1, -0.05) is 0 Å². The average Bonchev–Trinajstić information content (AvgIpc) is 2.37. The predicted octanol–water partition coefficient (Wildman–Crippen LogP) is -0.108. The number of nitrogens with zero attached hydrogens (tertiary/aromatic N) is 1. The molecule has 0 aliphatic carbocycles. The third kappa shape index (κ3) is 4.12. The van der Waals surface area contributed by atoms with Crippen LogP contribution in [-0.2, 0) is 9.53 Å². The van der Waals surface area contributed by atoms with Gasteiger partial charge in [-0.3, -0.25) is 0 Å². The number of hydrogen-bond donors (Lipinski definition) is 2. The van der Waals surface area contributed by atoms with E-state index in [1.807, 2.05) is 0 Å². The Kier molecular flexibility index (Phi) is 4.96. The van der Waals surface area contributed by atoms with Crippen molar-refractivity contribution in [2.24, 2.45) is 10.9 Å². The minimum absolute atomic E-state index is 0.156. The summed E-state index contributed by atoms with van der Waals surface area (Å²) in [5, 5.41) is 12.7. The summed E-state index contributed by atoms with van der Waals surface area (Å²) in [5.74, 6) is 4.80. The first-order valence-corrected chi connectivity index (χ1v) is 4.89. The van der Waals surface area contributed by atoms with E-state index in [-0.39, 0.29) is 6.61 Å². The van der Waals surface area contributed by atoms with Gasteiger partial charge in [0, 0.05) is 0 Å². The lowest BCUT2D eigenvalue weighted by Crippen LogP contribution is -2.28. The maximum absolute atomic E-state index is 10.9. The van der Waals surface area contributed by atoms with Crippen molar-refractivity contribution in [3.63, 3.8) is 0 Å². The Morgan fingerprint density at radius 2 is 2.18 bits per heavy atom. The number of benzene rings is 1. The lowest BCUT2D eigenvalue weighted by atomic mass is 10.2. The molecule has 0 fully saturated rings. The Balaban J connectivity index is 2.49. The van der Waals surface area contributed by atoms with Gasteiger partial charge < -0.3 is 20.4 Å². The number of carbonyl (C=O) groups excluding carboxylic acids is 1. The van der Waals surface area contributed by atoms with Gasteiger partial charge in [0.15, 0.2) is 6.10 Å². The number of esters is 1. The molecular weight excluding hydrogens is 224 g/mol. The van der Waals surface area contributed by atoms with Crippen LogP contribution in [0.2, 0.25) is 0 Å². The van der Waals surface area contributed by atoms with Gasteiger partial charge in [0.1, 0.15) is 12.4 Å². The standard InChI is InChI=1S/C11H14N2O4/c1-16-11(15)10(14)7-17-9-4-2-8(3-5-9)6-13-12/h2-6,10,14H,7,12H2,1H3. The lowest BCUT2D eigenvalue weighted by Gasteiger charge is -2.10. The summed E-state index contributed by atoms with van der Waals surface area (Å²) < 4.78 is 9.55. The highest BCUT2D eigenvalue weighted by Gasteiger charge is 2.15. The van der Waals surface area contributed by atoms with Crippen molar-refractivity contribution in [2.75, 3.05) is 13.7 Å². The van der Waals surface area contributed by atoms with Crippen LogP contribution in [0.4, 0.5) is 0 Å². The fourth-order valence-corrected chi connectivity index (χ4v) is 1.12. The third-order valence-corrected chi connectivity index (χ3v) is 1.98. The molecule has 1 rings (SSSR count). The fraction of sp³-hybridized carbons (Fsp3) is 0.273. The van der Waals surface area contributed by atoms with Crippen LogP contribution in [0.5, 0.6) is 5.75 Å². The lowest BCUT2D eigenvalue weighted by molar-refractivity contribution is -0.151. The molecule has 0 aromatic heterocycles. The summed E-state index contributed by atoms with van der Waals surface area (Å²) in [6.45, 7) is -0.156. The monoisotopic (exact) mass is 238 g/mol. The van der Waals surface area contributed by atoms with Crippen LogP contribution in [0.3, 0.4) is 0 Å². The van der Waals surface area contributed by atoms with E-state index < -0.39 is 12.1 Å². The van der Waals surface area contributed by atoms with Gasteiger partial charge in [-0.05, 0) is 29.8 Å². The number of hydrazone groups is 1. The number of aliphatic hydroxyl groups excluding tert-OH is 1. The molecule has 0 heterocycles. The van der Waals surface area contributed by atoms with Gasteiger partial charge in [-0.25, -0.2) is 4.79 Å². The highest BCUT2D eigenvalue weighted by Crippen LogP contribution is 2.11. The first-order valence-electron chi connectivity index (χ1n) is 4.89. The third-order valence-electron chi connectivity index (χ3n) is 1.98. The molecule has 0 aliphatic rings. The summed E-state index contributed by atoms with van der Waals surface area (Å²) in [5.41, 5.74) is 0.827. The summed E-state index contributed by atoms with van der Waals surface area (Å²) in [6.07, 6.45) is 0.206. The number of carbonyl (C=O) groups is 1. The van der Waals surface area contributed by atoms with E-state index in [1.54, 1.807) is 24.3 Å². The van der Waals surface area contributed by atoms with E-state index in [4.69, 9.17) is 10.6 Å². The minimum Gasteiger partial charge on any atom is -0.490 e. The Morgan fingerprint density at radius 1 is 1.53 bits per heavy atom. The quantitative estimate of drug-likeness (QED) is 0.323. The largest absolute Gasteiger partial charge is 0.490 e. The van der Waals surface area contributed by atoms with Crippen molar-refractivity contribution in [3.8, 4) is 5.75 Å². The zero-order valence-corrected chi connectivity index (χ0v) is 9.37. The van der Waals surface area contributed by atoms with Crippen LogP contribution < -0.4 is 10.6 Å². The normalized spacial score (nSPS) is 12.4. The van der Waals surface area contributed by atoms with E-state index in [2.05, 4.69) is 9.84 Å². The van der Waals surface area contributed by atoms with Gasteiger partial charge in [0.25, 0.3) is 0 Å². The van der Waals surface area contributed by atoms with Gasteiger partial charge >= 0.3 is 5.97 Å². The van der Waals surface area contributed by atoms with Crippen molar-refractivity contribution in [1.29, 1.82) is 0 Å². The molecule has 0 spiro atoms. The zero-order chi connectivity index (χ0) is 12.7. The van der Waals surface area contributed by atoms with Gasteiger partial charge in [0.05, 0.1) is 13.3 Å². The molecule has 1 aromatic rings. The van der Waals surface area contributed by atoms with Crippen LogP contribution in [0.15, 0.2) is 29.4 Å². The van der Waals surface area contributed by atoms with E-state index in [9.17, 15) is 9.90 Å². The minimum atomic E-state index is -1.29. The summed E-state index contributed by atoms with van der Waals surface area (Å²) >= 11 is 0. The zero-order valence-electron chi connectivity index (χ0n) is 9.37. The molecule has 0 aliphatic heterocycles. The number of ether oxygens (including phenoxy) is 2. The highest BCUT2D eigenvalue weighted by molar-refractivity contribution is 5.79. The molecule has 17 heavy (non-hydrogen) atoms. The number of aliphatic hydroxyl groups is 1. The molecule has 0 bridgehead atoms. The molecule has 92 valence electrons. The molecule has 1 unspecified atom stereocenters. The first-order chi connectivity index (χ1) is 8.17. The Morgan fingerprint density at radius 3 is 2.71 bits per heavy atom. The fourth-order valence-electron chi connectivity index (χ4n) is 1.12. The number of rotatable bonds is 5. The Hall–Kier alpha value is -2.08. The van der Waals surface area contributed by atoms with Crippen molar-refractivity contribution in [2.45, 2.75) is 6.10 Å². The predicted molar refractivity (Wildman–Crippen MR) is 61.7 cm³/mol. The van der Waals surface area contributed by atoms with Crippen LogP contribution >= 0.6 is 0 Å². The molecule has 6 nitrogen and oxygen atoms in total. The SMILES string of the molecule is COC(=O)C(O)COc1ccc(C=NN)cc1. The number of methoxy groups -OCH3 is 1. The Labute approximate surface area is 98.6 Å². The van der Waals surface area contributed by atoms with Crippen LogP contribution in [0.25, 0.3) is 0 Å². The summed E-state index contributed by atoms with van der Waals surface area (Å²) in [7, 11) is 1.20. The van der Waals surface area contributed by atoms with Gasteiger partial charge in [-0.2, -0.15) is 5.10 Å². The molecule has 1 atom stereocenters. The molecule has 6 heteroatoms. The topological polar surface area (TPSA) is 94.1 Å². The molecule has 0 radical (unpaired) electrons. The highest BCUT2D eigenvalue weighted by atomic mass is 16.5. The summed E-state index contributed by atoms with van der Waals surface area (Å²) in [4.78, 5) is 10.9. The van der Waals surface area contributed by atoms with E-state index in [0.717, 1.165) is 5.56 Å². The van der Waals surface area contributed by atoms with E-state index in [0.29, 0.717) is 5.75 Å². The Bertz CT molecular complexity index is 389. The van der Waals surface area contributed by atoms with E-state index >= 15 is 0 Å². The van der Waals surface area contributed by atoms with Crippen molar-refractivity contribution < 1.29 is 19.4 Å². The van der Waals surface area contributed by atoms with Gasteiger partial charge in [-0.15, -0.1) is 0 Å². The van der Waals surface area contributed by atoms with Crippen LogP contribution in [0, 0.1) is 0 Å². The molecule has 0 amide bonds. The molecule has 1 aromatic carbocycles. The van der Waals surface area contributed by atoms with Gasteiger partial charge in [0.2, 0.25) is 0 Å². The van der Waals surface area contributed by atoms with Crippen molar-refractivity contribution in [1.82, 2.24) is 0 Å². The average molecular weight is 238 g/mol. The second-order valence-electron chi connectivity index (χ2n) is 3.20. The molecule has 0 saturated heterocycles. The van der Waals surface area contributed by atoms with Crippen LogP contribution in [-0.4, -0.2) is 37.1 Å². The summed E-state index contributed by atoms with van der Waals surface area (Å²) in [6, 6.07) is 6.86. The molecular formula is C11H14N2O4. The van der Waals surface area contributed by atoms with Crippen molar-refractivity contribution >= 4 is 12.2 Å². The van der Waals surface area contributed by atoms with E-state index in [1.165, 1.54) is 13.3 Å².